The summed E-state index contributed by atoms with van der Waals surface area (Å²) in [6, 6.07) is 9.41. The van der Waals surface area contributed by atoms with E-state index in [0.717, 1.165) is 22.1 Å². The van der Waals surface area contributed by atoms with Crippen LogP contribution in [0.3, 0.4) is 0 Å². The number of hydrogen-bond acceptors (Lipinski definition) is 5. The molecule has 1 N–H and O–H groups in total. The molecule has 3 rings (SSSR count). The van der Waals surface area contributed by atoms with Gasteiger partial charge in [-0.15, -0.1) is 0 Å². The van der Waals surface area contributed by atoms with Gasteiger partial charge in [0.15, 0.2) is 17.1 Å². The predicted octanol–water partition coefficient (Wildman–Crippen LogP) is 3.88. The second kappa shape index (κ2) is 7.70. The number of nitrogens with zero attached hydrogens (tertiary/aromatic N) is 1. The summed E-state index contributed by atoms with van der Waals surface area (Å²) in [5, 5.41) is 8.01. The van der Waals surface area contributed by atoms with Crippen molar-refractivity contribution in [2.24, 2.45) is 0 Å². The van der Waals surface area contributed by atoms with Crippen molar-refractivity contribution in [1.29, 1.82) is 0 Å². The van der Waals surface area contributed by atoms with Crippen LogP contribution >= 0.6 is 0 Å². The molecule has 0 spiro atoms. The normalized spacial score (nSPS) is 12.0. The molecular formula is C21H24N2O4. The Morgan fingerprint density at radius 2 is 1.89 bits per heavy atom. The molecule has 1 heterocycles. The maximum Gasteiger partial charge on any atom is 0.226 e. The summed E-state index contributed by atoms with van der Waals surface area (Å²) in [7, 11) is 3.18. The van der Waals surface area contributed by atoms with Gasteiger partial charge in [0, 0.05) is 5.39 Å². The van der Waals surface area contributed by atoms with E-state index in [0.29, 0.717) is 22.8 Å². The summed E-state index contributed by atoms with van der Waals surface area (Å²) in [5.41, 5.74) is 4.46. The van der Waals surface area contributed by atoms with Gasteiger partial charge >= 0.3 is 0 Å². The number of aryl methyl sites for hydroxylation is 2. The first-order chi connectivity index (χ1) is 12.9. The molecule has 3 aromatic rings. The number of nitrogens with one attached hydrogen (secondary N) is 1. The number of ether oxygens (including phenoxy) is 2. The fourth-order valence-electron chi connectivity index (χ4n) is 3.29. The average Bonchev–Trinajstić information content (AvgIpc) is 3.03. The van der Waals surface area contributed by atoms with Gasteiger partial charge in [0.2, 0.25) is 5.91 Å². The minimum absolute atomic E-state index is 0.118. The number of fused-ring (bicyclic) bond motifs is 1. The molecular weight excluding hydrogens is 344 g/mol. The topological polar surface area (TPSA) is 73.6 Å². The fourth-order valence-corrected chi connectivity index (χ4v) is 3.29. The molecule has 0 saturated heterocycles. The zero-order chi connectivity index (χ0) is 19.6. The van der Waals surface area contributed by atoms with E-state index in [4.69, 9.17) is 14.0 Å². The highest BCUT2D eigenvalue weighted by atomic mass is 16.5. The molecule has 0 aliphatic heterocycles. The van der Waals surface area contributed by atoms with Crippen molar-refractivity contribution in [1.82, 2.24) is 10.5 Å². The standard InChI is InChI=1S/C21H24N2O4/c1-12-8-13(2)21-16(23-27-19(21)9-12)11-20(24)22-14(3)15-6-7-17(25-4)18(10-15)26-5/h6-10,14H,11H2,1-5H3,(H,22,24). The lowest BCUT2D eigenvalue weighted by Crippen LogP contribution is -2.28. The number of amides is 1. The Morgan fingerprint density at radius 3 is 2.59 bits per heavy atom. The second-order valence-electron chi connectivity index (χ2n) is 6.66. The van der Waals surface area contributed by atoms with Crippen LogP contribution in [0, 0.1) is 13.8 Å². The van der Waals surface area contributed by atoms with Crippen molar-refractivity contribution in [2.75, 3.05) is 14.2 Å². The van der Waals surface area contributed by atoms with E-state index < -0.39 is 0 Å². The summed E-state index contributed by atoms with van der Waals surface area (Å²) in [5.74, 6) is 1.16. The van der Waals surface area contributed by atoms with Crippen molar-refractivity contribution in [3.63, 3.8) is 0 Å². The summed E-state index contributed by atoms with van der Waals surface area (Å²) < 4.78 is 16.0. The Labute approximate surface area is 158 Å². The SMILES string of the molecule is COc1ccc(C(C)NC(=O)Cc2noc3cc(C)cc(C)c23)cc1OC. The summed E-state index contributed by atoms with van der Waals surface area (Å²) >= 11 is 0. The van der Waals surface area contributed by atoms with Gasteiger partial charge in [0.05, 0.1) is 26.7 Å². The van der Waals surface area contributed by atoms with E-state index >= 15 is 0 Å². The van der Waals surface area contributed by atoms with Crippen LogP contribution in [0.5, 0.6) is 11.5 Å². The highest BCUT2D eigenvalue weighted by molar-refractivity contribution is 5.88. The predicted molar refractivity (Wildman–Crippen MR) is 103 cm³/mol. The lowest BCUT2D eigenvalue weighted by Gasteiger charge is -2.16. The van der Waals surface area contributed by atoms with Gasteiger partial charge in [0.25, 0.3) is 0 Å². The third kappa shape index (κ3) is 3.89. The highest BCUT2D eigenvalue weighted by Gasteiger charge is 2.17. The number of benzene rings is 2. The number of hydrogen-bond donors (Lipinski definition) is 1. The first kappa shape index (κ1) is 18.8. The molecule has 1 atom stereocenters. The second-order valence-corrected chi connectivity index (χ2v) is 6.66. The molecule has 0 aliphatic carbocycles. The van der Waals surface area contributed by atoms with Crippen molar-refractivity contribution in [2.45, 2.75) is 33.2 Å². The maximum atomic E-state index is 12.5. The van der Waals surface area contributed by atoms with Crippen molar-refractivity contribution in [3.05, 3.63) is 52.7 Å². The van der Waals surface area contributed by atoms with E-state index in [9.17, 15) is 4.79 Å². The first-order valence-corrected chi connectivity index (χ1v) is 8.79. The smallest absolute Gasteiger partial charge is 0.226 e. The van der Waals surface area contributed by atoms with Gasteiger partial charge in [0.1, 0.15) is 5.69 Å². The van der Waals surface area contributed by atoms with E-state index in [2.05, 4.69) is 16.5 Å². The highest BCUT2D eigenvalue weighted by Crippen LogP contribution is 2.30. The molecule has 6 heteroatoms. The molecule has 0 radical (unpaired) electrons. The largest absolute Gasteiger partial charge is 0.493 e. The molecule has 2 aromatic carbocycles. The molecule has 1 unspecified atom stereocenters. The third-order valence-corrected chi connectivity index (χ3v) is 4.60. The average molecular weight is 368 g/mol. The lowest BCUT2D eigenvalue weighted by atomic mass is 10.0. The summed E-state index contributed by atoms with van der Waals surface area (Å²) in [4.78, 5) is 12.5. The summed E-state index contributed by atoms with van der Waals surface area (Å²) in [6.45, 7) is 5.93. The molecule has 0 fully saturated rings. The number of carbonyl (C=O) groups excluding carboxylic acids is 1. The van der Waals surface area contributed by atoms with E-state index in [1.165, 1.54) is 0 Å². The zero-order valence-corrected chi connectivity index (χ0v) is 16.3. The molecule has 0 saturated carbocycles. The third-order valence-electron chi connectivity index (χ3n) is 4.60. The molecule has 0 bridgehead atoms. The molecule has 1 aromatic heterocycles. The van der Waals surface area contributed by atoms with Crippen LogP contribution in [0.4, 0.5) is 0 Å². The van der Waals surface area contributed by atoms with Crippen molar-refractivity contribution < 1.29 is 18.8 Å². The minimum Gasteiger partial charge on any atom is -0.493 e. The van der Waals surface area contributed by atoms with Crippen LogP contribution in [0.15, 0.2) is 34.9 Å². The lowest BCUT2D eigenvalue weighted by molar-refractivity contribution is -0.121. The number of aromatic nitrogens is 1. The Hall–Kier alpha value is -3.02. The maximum absolute atomic E-state index is 12.5. The molecule has 142 valence electrons. The minimum atomic E-state index is -0.182. The molecule has 1 amide bonds. The van der Waals surface area contributed by atoms with Gasteiger partial charge in [-0.3, -0.25) is 4.79 Å². The Morgan fingerprint density at radius 1 is 1.15 bits per heavy atom. The van der Waals surface area contributed by atoms with Gasteiger partial charge < -0.3 is 19.3 Å². The van der Waals surface area contributed by atoms with Crippen molar-refractivity contribution >= 4 is 16.9 Å². The van der Waals surface area contributed by atoms with Gasteiger partial charge in [-0.2, -0.15) is 0 Å². The van der Waals surface area contributed by atoms with E-state index in [1.807, 2.05) is 45.0 Å². The molecule has 0 aliphatic rings. The Balaban J connectivity index is 1.74. The van der Waals surface area contributed by atoms with Gasteiger partial charge in [-0.25, -0.2) is 0 Å². The summed E-state index contributed by atoms with van der Waals surface area (Å²) in [6.07, 6.45) is 0.161. The number of carbonyl (C=O) groups is 1. The molecule has 27 heavy (non-hydrogen) atoms. The zero-order valence-electron chi connectivity index (χ0n) is 16.3. The first-order valence-electron chi connectivity index (χ1n) is 8.79. The van der Waals surface area contributed by atoms with E-state index in [1.54, 1.807) is 14.2 Å². The van der Waals surface area contributed by atoms with E-state index in [-0.39, 0.29) is 18.4 Å². The Kier molecular flexibility index (Phi) is 5.35. The van der Waals surface area contributed by atoms with Crippen LogP contribution < -0.4 is 14.8 Å². The van der Waals surface area contributed by atoms with Crippen molar-refractivity contribution in [3.8, 4) is 11.5 Å². The fraction of sp³-hybridized carbons (Fsp3) is 0.333. The Bertz CT molecular complexity index is 978. The van der Waals surface area contributed by atoms with Crippen LogP contribution in [0.2, 0.25) is 0 Å². The monoisotopic (exact) mass is 368 g/mol. The number of rotatable bonds is 6. The quantitative estimate of drug-likeness (QED) is 0.715. The van der Waals surface area contributed by atoms with Gasteiger partial charge in [-0.05, 0) is 55.7 Å². The number of methoxy groups -OCH3 is 2. The van der Waals surface area contributed by atoms with Crippen LogP contribution in [-0.2, 0) is 11.2 Å². The van der Waals surface area contributed by atoms with Crippen LogP contribution in [0.1, 0.15) is 35.3 Å². The van der Waals surface area contributed by atoms with Crippen LogP contribution in [0.25, 0.3) is 11.0 Å². The van der Waals surface area contributed by atoms with Crippen LogP contribution in [-0.4, -0.2) is 25.3 Å². The molecule has 6 nitrogen and oxygen atoms in total. The van der Waals surface area contributed by atoms with Gasteiger partial charge in [-0.1, -0.05) is 17.3 Å².